The molecule has 1 amide bonds. The minimum Gasteiger partial charge on any atom is -0.370 e. The molecule has 25 heavy (non-hydrogen) atoms. The minimum absolute atomic E-state index is 0.0544. The van der Waals surface area contributed by atoms with Crippen molar-refractivity contribution in [1.29, 1.82) is 0 Å². The van der Waals surface area contributed by atoms with E-state index in [0.717, 1.165) is 29.7 Å². The van der Waals surface area contributed by atoms with Crippen LogP contribution in [0.3, 0.4) is 0 Å². The van der Waals surface area contributed by atoms with E-state index >= 15 is 0 Å². The van der Waals surface area contributed by atoms with Gasteiger partial charge in [-0.05, 0) is 25.5 Å². The van der Waals surface area contributed by atoms with Gasteiger partial charge in [0, 0.05) is 36.5 Å². The number of aromatic amines is 1. The maximum atomic E-state index is 12.7. The van der Waals surface area contributed by atoms with Crippen LogP contribution in [0.15, 0.2) is 36.7 Å². The summed E-state index contributed by atoms with van der Waals surface area (Å²) in [6.45, 7) is 4.02. The molecule has 2 aromatic heterocycles. The number of carbonyl (C=O) groups is 1. The van der Waals surface area contributed by atoms with E-state index in [1.54, 1.807) is 0 Å². The fourth-order valence-corrected chi connectivity index (χ4v) is 3.55. The predicted octanol–water partition coefficient (Wildman–Crippen LogP) is 2.29. The number of para-hydroxylation sites is 1. The van der Waals surface area contributed by atoms with E-state index in [2.05, 4.69) is 20.5 Å². The third-order valence-corrected chi connectivity index (χ3v) is 4.80. The maximum Gasteiger partial charge on any atom is 0.267 e. The largest absolute Gasteiger partial charge is 0.370 e. The van der Waals surface area contributed by atoms with Crippen molar-refractivity contribution in [3.8, 4) is 0 Å². The highest BCUT2D eigenvalue weighted by atomic mass is 16.5. The first-order valence-electron chi connectivity index (χ1n) is 8.61. The van der Waals surface area contributed by atoms with Crippen molar-refractivity contribution >= 4 is 16.8 Å². The van der Waals surface area contributed by atoms with Crippen LogP contribution < -0.4 is 5.32 Å². The highest BCUT2D eigenvalue weighted by Gasteiger charge is 2.32. The lowest BCUT2D eigenvalue weighted by Crippen LogP contribution is -2.32. The van der Waals surface area contributed by atoms with Gasteiger partial charge in [-0.15, -0.1) is 0 Å². The number of rotatable bonds is 5. The summed E-state index contributed by atoms with van der Waals surface area (Å²) in [6, 6.07) is 10.0. The summed E-state index contributed by atoms with van der Waals surface area (Å²) in [5.41, 5.74) is 1.78. The van der Waals surface area contributed by atoms with Crippen LogP contribution >= 0.6 is 0 Å². The Morgan fingerprint density at radius 3 is 3.12 bits per heavy atom. The molecule has 1 aliphatic heterocycles. The van der Waals surface area contributed by atoms with Gasteiger partial charge in [-0.1, -0.05) is 18.2 Å². The van der Waals surface area contributed by atoms with Crippen LogP contribution in [0.1, 0.15) is 35.8 Å². The van der Waals surface area contributed by atoms with Crippen molar-refractivity contribution in [1.82, 2.24) is 25.1 Å². The van der Waals surface area contributed by atoms with Gasteiger partial charge in [-0.3, -0.25) is 9.89 Å². The number of carbonyl (C=O) groups excluding carboxylic acids is 1. The Bertz CT molecular complexity index is 871. The first-order chi connectivity index (χ1) is 12.3. The van der Waals surface area contributed by atoms with Gasteiger partial charge < -0.3 is 14.6 Å². The molecular weight excluding hydrogens is 318 g/mol. The van der Waals surface area contributed by atoms with Gasteiger partial charge in [0.05, 0.1) is 0 Å². The molecule has 1 aromatic carbocycles. The molecule has 130 valence electrons. The zero-order chi connectivity index (χ0) is 17.2. The lowest BCUT2D eigenvalue weighted by Gasteiger charge is -2.17. The van der Waals surface area contributed by atoms with Crippen LogP contribution in [0.2, 0.25) is 0 Å². The maximum absolute atomic E-state index is 12.7. The quantitative estimate of drug-likeness (QED) is 0.747. The predicted molar refractivity (Wildman–Crippen MR) is 93.1 cm³/mol. The summed E-state index contributed by atoms with van der Waals surface area (Å²) in [4.78, 5) is 16.9. The Morgan fingerprint density at radius 1 is 1.44 bits per heavy atom. The van der Waals surface area contributed by atoms with E-state index in [9.17, 15) is 4.79 Å². The van der Waals surface area contributed by atoms with E-state index in [1.165, 1.54) is 6.33 Å². The molecule has 4 rings (SSSR count). The molecule has 0 saturated carbocycles. The smallest absolute Gasteiger partial charge is 0.267 e. The normalized spacial score (nSPS) is 20.2. The summed E-state index contributed by atoms with van der Waals surface area (Å²) < 4.78 is 7.80. The first kappa shape index (κ1) is 15.8. The van der Waals surface area contributed by atoms with Gasteiger partial charge in [-0.25, -0.2) is 4.98 Å². The Kier molecular flexibility index (Phi) is 4.23. The molecular formula is C18H21N5O2. The molecule has 2 N–H and O–H groups in total. The van der Waals surface area contributed by atoms with Crippen LogP contribution in [-0.2, 0) is 11.3 Å². The van der Waals surface area contributed by atoms with Gasteiger partial charge in [0.15, 0.2) is 5.82 Å². The average Bonchev–Trinajstić information content (AvgIpc) is 3.37. The molecule has 0 radical (unpaired) electrons. The number of fused-ring (bicyclic) bond motifs is 1. The fraction of sp³-hybridized carbons (Fsp3) is 0.389. The Labute approximate surface area is 145 Å². The molecule has 0 unspecified atom stereocenters. The number of hydrogen-bond donors (Lipinski definition) is 2. The van der Waals surface area contributed by atoms with E-state index in [0.29, 0.717) is 18.8 Å². The summed E-state index contributed by atoms with van der Waals surface area (Å²) in [5.74, 6) is 0.858. The van der Waals surface area contributed by atoms with E-state index < -0.39 is 0 Å². The first-order valence-corrected chi connectivity index (χ1v) is 8.61. The Hall–Kier alpha value is -2.67. The SMILES string of the molecule is CCn1c(C(=O)NC[C@@H]2CCO[C@@H]2c2ncn[nH]2)cc2ccccc21. The van der Waals surface area contributed by atoms with Crippen LogP contribution in [0.25, 0.3) is 10.9 Å². The summed E-state index contributed by atoms with van der Waals surface area (Å²) >= 11 is 0. The number of hydrogen-bond acceptors (Lipinski definition) is 4. The molecule has 1 aliphatic rings. The van der Waals surface area contributed by atoms with Crippen molar-refractivity contribution < 1.29 is 9.53 Å². The highest BCUT2D eigenvalue weighted by Crippen LogP contribution is 2.31. The second-order valence-corrected chi connectivity index (χ2v) is 6.25. The summed E-state index contributed by atoms with van der Waals surface area (Å²) in [7, 11) is 0. The second kappa shape index (κ2) is 6.68. The number of ether oxygens (including phenoxy) is 1. The van der Waals surface area contributed by atoms with Gasteiger partial charge in [0.1, 0.15) is 18.1 Å². The van der Waals surface area contributed by atoms with E-state index in [-0.39, 0.29) is 17.9 Å². The van der Waals surface area contributed by atoms with Crippen molar-refractivity contribution in [3.63, 3.8) is 0 Å². The Balaban J connectivity index is 1.49. The van der Waals surface area contributed by atoms with E-state index in [1.807, 2.05) is 41.8 Å². The van der Waals surface area contributed by atoms with Crippen LogP contribution in [0.4, 0.5) is 0 Å². The monoisotopic (exact) mass is 339 g/mol. The van der Waals surface area contributed by atoms with E-state index in [4.69, 9.17) is 4.74 Å². The lowest BCUT2D eigenvalue weighted by atomic mass is 10.0. The van der Waals surface area contributed by atoms with Crippen LogP contribution in [0, 0.1) is 5.92 Å². The van der Waals surface area contributed by atoms with Crippen molar-refractivity contribution in [2.75, 3.05) is 13.2 Å². The molecule has 1 saturated heterocycles. The Morgan fingerprint density at radius 2 is 2.32 bits per heavy atom. The number of benzene rings is 1. The molecule has 0 bridgehead atoms. The fourth-order valence-electron chi connectivity index (χ4n) is 3.55. The number of aryl methyl sites for hydroxylation is 1. The number of nitrogens with zero attached hydrogens (tertiary/aromatic N) is 3. The molecule has 0 aliphatic carbocycles. The molecule has 0 spiro atoms. The molecule has 7 heteroatoms. The number of amides is 1. The lowest BCUT2D eigenvalue weighted by molar-refractivity contribution is 0.0796. The number of H-pyrrole nitrogens is 1. The molecule has 1 fully saturated rings. The molecule has 2 atom stereocenters. The highest BCUT2D eigenvalue weighted by molar-refractivity contribution is 5.98. The van der Waals surface area contributed by atoms with Crippen molar-refractivity contribution in [3.05, 3.63) is 48.2 Å². The number of nitrogens with one attached hydrogen (secondary N) is 2. The molecule has 7 nitrogen and oxygen atoms in total. The van der Waals surface area contributed by atoms with Gasteiger partial charge >= 0.3 is 0 Å². The summed E-state index contributed by atoms with van der Waals surface area (Å²) in [5, 5.41) is 10.9. The van der Waals surface area contributed by atoms with Gasteiger partial charge in [0.2, 0.25) is 0 Å². The second-order valence-electron chi connectivity index (χ2n) is 6.25. The van der Waals surface area contributed by atoms with Crippen LogP contribution in [0.5, 0.6) is 0 Å². The minimum atomic E-state index is -0.139. The number of aromatic nitrogens is 4. The average molecular weight is 339 g/mol. The van der Waals surface area contributed by atoms with Gasteiger partial charge in [-0.2, -0.15) is 5.10 Å². The third kappa shape index (κ3) is 2.91. The molecule has 3 heterocycles. The zero-order valence-electron chi connectivity index (χ0n) is 14.1. The summed E-state index contributed by atoms with van der Waals surface area (Å²) in [6.07, 6.45) is 2.23. The van der Waals surface area contributed by atoms with Crippen molar-refractivity contribution in [2.45, 2.75) is 26.0 Å². The zero-order valence-corrected chi connectivity index (χ0v) is 14.1. The third-order valence-electron chi connectivity index (χ3n) is 4.80. The topological polar surface area (TPSA) is 84.8 Å². The molecule has 3 aromatic rings. The van der Waals surface area contributed by atoms with Gasteiger partial charge in [0.25, 0.3) is 5.91 Å². The van der Waals surface area contributed by atoms with Crippen LogP contribution in [-0.4, -0.2) is 38.8 Å². The standard InChI is InChI=1S/C18H21N5O2/c1-2-23-14-6-4-3-5-12(14)9-15(23)18(24)19-10-13-7-8-25-16(13)17-20-11-21-22-17/h3-6,9,11,13,16H,2,7-8,10H2,1H3,(H,19,24)(H,20,21,22)/t13-,16-/m0/s1. The van der Waals surface area contributed by atoms with Crippen molar-refractivity contribution in [2.24, 2.45) is 5.92 Å².